The molecule has 6 nitrogen and oxygen atoms in total. The van der Waals surface area contributed by atoms with Crippen LogP contribution in [0.5, 0.6) is 0 Å². The van der Waals surface area contributed by atoms with Crippen molar-refractivity contribution < 1.29 is 13.6 Å². The van der Waals surface area contributed by atoms with Crippen molar-refractivity contribution in [2.75, 3.05) is 0 Å². The van der Waals surface area contributed by atoms with Crippen molar-refractivity contribution >= 4 is 28.0 Å². The SMILES string of the molecule is CC(=O)c1cn(C2CC2)c2c(F)c(-c3cc4c(s3)C(N=[N+]=[N-])CCC4)cc(F)c2c1=O. The Hall–Kier alpha value is -3.03. The first-order chi connectivity index (χ1) is 14.9. The molecule has 158 valence electrons. The molecule has 31 heavy (non-hydrogen) atoms. The Morgan fingerprint density at radius 1 is 1.29 bits per heavy atom. The first-order valence-corrected chi connectivity index (χ1v) is 11.0. The lowest BCUT2D eigenvalue weighted by Gasteiger charge is -2.16. The molecular formula is C22H18F2N4O2S. The normalized spacial score (nSPS) is 18.0. The maximum absolute atomic E-state index is 15.8. The highest BCUT2D eigenvalue weighted by molar-refractivity contribution is 7.15. The molecule has 5 rings (SSSR count). The molecule has 0 bridgehead atoms. The van der Waals surface area contributed by atoms with Gasteiger partial charge in [0.2, 0.25) is 5.43 Å². The lowest BCUT2D eigenvalue weighted by molar-refractivity contribution is 0.101. The van der Waals surface area contributed by atoms with E-state index in [4.69, 9.17) is 5.53 Å². The summed E-state index contributed by atoms with van der Waals surface area (Å²) in [7, 11) is 0. The van der Waals surface area contributed by atoms with Crippen LogP contribution in [0.25, 0.3) is 31.8 Å². The molecule has 0 saturated heterocycles. The molecule has 0 aliphatic heterocycles. The molecule has 1 saturated carbocycles. The number of Topliss-reactive ketones (excluding diaryl/α,β-unsaturated/α-hetero) is 1. The van der Waals surface area contributed by atoms with Gasteiger partial charge in [0, 0.05) is 32.5 Å². The smallest absolute Gasteiger partial charge is 0.203 e. The number of thiophene rings is 1. The summed E-state index contributed by atoms with van der Waals surface area (Å²) < 4.78 is 32.6. The van der Waals surface area contributed by atoms with Crippen molar-refractivity contribution in [1.82, 2.24) is 4.57 Å². The molecule has 0 N–H and O–H groups in total. The summed E-state index contributed by atoms with van der Waals surface area (Å²) in [6, 6.07) is 2.51. The number of rotatable bonds is 4. The molecule has 9 heteroatoms. The Morgan fingerprint density at radius 2 is 2.06 bits per heavy atom. The van der Waals surface area contributed by atoms with Crippen molar-refractivity contribution in [3.05, 3.63) is 66.6 Å². The largest absolute Gasteiger partial charge is 0.341 e. The van der Waals surface area contributed by atoms with Gasteiger partial charge < -0.3 is 4.57 Å². The van der Waals surface area contributed by atoms with E-state index in [9.17, 15) is 9.59 Å². The molecule has 2 aromatic heterocycles. The van der Waals surface area contributed by atoms with Gasteiger partial charge in [-0.3, -0.25) is 9.59 Å². The van der Waals surface area contributed by atoms with Gasteiger partial charge in [-0.2, -0.15) is 0 Å². The summed E-state index contributed by atoms with van der Waals surface area (Å²) in [5, 5.41) is 3.47. The maximum atomic E-state index is 15.8. The number of carbonyl (C=O) groups excluding carboxylic acids is 1. The number of aromatic nitrogens is 1. The highest BCUT2D eigenvalue weighted by Crippen LogP contribution is 2.45. The lowest BCUT2D eigenvalue weighted by atomic mass is 9.95. The van der Waals surface area contributed by atoms with E-state index in [0.717, 1.165) is 48.6 Å². The van der Waals surface area contributed by atoms with E-state index in [1.165, 1.54) is 24.5 Å². The Balaban J connectivity index is 1.78. The van der Waals surface area contributed by atoms with E-state index in [-0.39, 0.29) is 34.1 Å². The van der Waals surface area contributed by atoms with Gasteiger partial charge in [-0.25, -0.2) is 8.78 Å². The number of nitrogens with zero attached hydrogens (tertiary/aromatic N) is 4. The Morgan fingerprint density at radius 3 is 2.74 bits per heavy atom. The van der Waals surface area contributed by atoms with Crippen LogP contribution in [0, 0.1) is 11.6 Å². The number of carbonyl (C=O) groups is 1. The lowest BCUT2D eigenvalue weighted by Crippen LogP contribution is -2.19. The Bertz CT molecular complexity index is 1370. The predicted octanol–water partition coefficient (Wildman–Crippen LogP) is 6.23. The molecule has 1 unspecified atom stereocenters. The number of aryl methyl sites for hydroxylation is 1. The number of halogens is 2. The van der Waals surface area contributed by atoms with Crippen LogP contribution in [0.1, 0.15) is 65.5 Å². The van der Waals surface area contributed by atoms with Crippen LogP contribution in [-0.2, 0) is 6.42 Å². The molecule has 0 amide bonds. The molecule has 0 radical (unpaired) electrons. The van der Waals surface area contributed by atoms with Crippen LogP contribution in [-0.4, -0.2) is 10.4 Å². The fourth-order valence-electron chi connectivity index (χ4n) is 4.38. The van der Waals surface area contributed by atoms with E-state index < -0.39 is 22.8 Å². The minimum Gasteiger partial charge on any atom is -0.341 e. The predicted molar refractivity (Wildman–Crippen MR) is 115 cm³/mol. The standard InChI is InChI=1S/C22H18F2N4O2S/c1-10(29)14-9-28(12-5-6-12)20-18(21(14)30)15(23)8-13(19(20)24)17-7-11-3-2-4-16(26-27-25)22(11)31-17/h7-9,12,16H,2-6H2,1H3. The zero-order chi connectivity index (χ0) is 21.9. The topological polar surface area (TPSA) is 87.8 Å². The van der Waals surface area contributed by atoms with Gasteiger partial charge in [-0.15, -0.1) is 11.3 Å². The third kappa shape index (κ3) is 3.16. The van der Waals surface area contributed by atoms with Gasteiger partial charge in [0.05, 0.1) is 22.5 Å². The van der Waals surface area contributed by atoms with E-state index >= 15 is 8.78 Å². The van der Waals surface area contributed by atoms with E-state index in [2.05, 4.69) is 10.0 Å². The molecule has 3 aromatic rings. The monoisotopic (exact) mass is 440 g/mol. The van der Waals surface area contributed by atoms with E-state index in [1.54, 1.807) is 4.57 Å². The van der Waals surface area contributed by atoms with Crippen LogP contribution >= 0.6 is 11.3 Å². The fourth-order valence-corrected chi connectivity index (χ4v) is 5.67. The van der Waals surface area contributed by atoms with Crippen LogP contribution in [0.4, 0.5) is 8.78 Å². The maximum Gasteiger partial charge on any atom is 0.203 e. The van der Waals surface area contributed by atoms with Crippen molar-refractivity contribution in [2.45, 2.75) is 51.1 Å². The number of hydrogen-bond donors (Lipinski definition) is 0. The van der Waals surface area contributed by atoms with Crippen LogP contribution in [0.15, 0.2) is 28.2 Å². The van der Waals surface area contributed by atoms with Crippen molar-refractivity contribution in [2.24, 2.45) is 5.11 Å². The highest BCUT2D eigenvalue weighted by Gasteiger charge is 2.31. The van der Waals surface area contributed by atoms with Gasteiger partial charge >= 0.3 is 0 Å². The third-order valence-corrected chi connectivity index (χ3v) is 7.35. The van der Waals surface area contributed by atoms with Crippen molar-refractivity contribution in [1.29, 1.82) is 0 Å². The number of hydrogen-bond acceptors (Lipinski definition) is 4. The molecule has 1 atom stereocenters. The summed E-state index contributed by atoms with van der Waals surface area (Å²) in [5.41, 5.74) is 8.89. The number of fused-ring (bicyclic) bond motifs is 2. The van der Waals surface area contributed by atoms with Crippen LogP contribution in [0.3, 0.4) is 0 Å². The molecule has 1 aromatic carbocycles. The summed E-state index contributed by atoms with van der Waals surface area (Å²) in [6.45, 7) is 1.25. The average molecular weight is 440 g/mol. The number of benzene rings is 1. The van der Waals surface area contributed by atoms with E-state index in [0.29, 0.717) is 4.88 Å². The van der Waals surface area contributed by atoms with Crippen LogP contribution in [0.2, 0.25) is 0 Å². The summed E-state index contributed by atoms with van der Waals surface area (Å²) in [4.78, 5) is 29.0. The van der Waals surface area contributed by atoms with Gasteiger partial charge in [0.25, 0.3) is 0 Å². The molecule has 2 aliphatic carbocycles. The first-order valence-electron chi connectivity index (χ1n) is 10.2. The second-order valence-corrected chi connectivity index (χ2v) is 9.21. The van der Waals surface area contributed by atoms with Gasteiger partial charge in [-0.1, -0.05) is 5.11 Å². The van der Waals surface area contributed by atoms with Crippen LogP contribution < -0.4 is 5.43 Å². The first kappa shape index (κ1) is 19.9. The second kappa shape index (κ2) is 7.28. The highest BCUT2D eigenvalue weighted by atomic mass is 32.1. The minimum absolute atomic E-state index is 0.0590. The Kier molecular flexibility index (Phi) is 4.68. The number of ketones is 1. The quantitative estimate of drug-likeness (QED) is 0.208. The number of azide groups is 1. The summed E-state index contributed by atoms with van der Waals surface area (Å²) >= 11 is 1.30. The molecule has 0 spiro atoms. The fraction of sp³-hybridized carbons (Fsp3) is 0.364. The minimum atomic E-state index is -0.841. The van der Waals surface area contributed by atoms with Crippen molar-refractivity contribution in [3.8, 4) is 10.4 Å². The Labute approximate surface area is 179 Å². The zero-order valence-electron chi connectivity index (χ0n) is 16.7. The summed E-state index contributed by atoms with van der Waals surface area (Å²) in [5.74, 6) is -1.98. The van der Waals surface area contributed by atoms with Gasteiger partial charge in [-0.05, 0) is 62.3 Å². The average Bonchev–Trinajstić information content (AvgIpc) is 3.48. The zero-order valence-corrected chi connectivity index (χ0v) is 17.5. The molecular weight excluding hydrogens is 422 g/mol. The molecule has 2 aliphatic rings. The number of pyridine rings is 1. The van der Waals surface area contributed by atoms with Gasteiger partial charge in [0.1, 0.15) is 5.82 Å². The van der Waals surface area contributed by atoms with Gasteiger partial charge in [0.15, 0.2) is 11.6 Å². The third-order valence-electron chi connectivity index (χ3n) is 6.03. The van der Waals surface area contributed by atoms with Crippen molar-refractivity contribution in [3.63, 3.8) is 0 Å². The molecule has 2 heterocycles. The molecule has 1 fully saturated rings. The second-order valence-electron chi connectivity index (χ2n) is 8.12. The summed E-state index contributed by atoms with van der Waals surface area (Å²) in [6.07, 6.45) is 5.30. The van der Waals surface area contributed by atoms with E-state index in [1.807, 2.05) is 6.07 Å².